The van der Waals surface area contributed by atoms with Crippen LogP contribution in [0.15, 0.2) is 5.16 Å². The van der Waals surface area contributed by atoms with E-state index in [0.717, 1.165) is 12.1 Å². The predicted octanol–water partition coefficient (Wildman–Crippen LogP) is 3.05. The second-order valence-electron chi connectivity index (χ2n) is 3.83. The lowest BCUT2D eigenvalue weighted by Crippen LogP contribution is -2.25. The van der Waals surface area contributed by atoms with E-state index in [2.05, 4.69) is 19.0 Å². The van der Waals surface area contributed by atoms with Gasteiger partial charge in [-0.3, -0.25) is 0 Å². The van der Waals surface area contributed by atoms with Crippen molar-refractivity contribution < 1.29 is 5.21 Å². The molecule has 1 N–H and O–H groups in total. The van der Waals surface area contributed by atoms with E-state index in [1.807, 2.05) is 0 Å². The Labute approximate surface area is 74.7 Å². The molecule has 1 aliphatic rings. The van der Waals surface area contributed by atoms with Crippen LogP contribution in [0.3, 0.4) is 0 Å². The monoisotopic (exact) mass is 169 g/mol. The molecule has 0 aromatic rings. The summed E-state index contributed by atoms with van der Waals surface area (Å²) in [5, 5.41) is 12.2. The van der Waals surface area contributed by atoms with E-state index in [1.54, 1.807) is 0 Å². The first-order valence-corrected chi connectivity index (χ1v) is 5.00. The fraction of sp³-hybridized carbons (Fsp3) is 0.900. The third-order valence-electron chi connectivity index (χ3n) is 3.09. The lowest BCUT2D eigenvalue weighted by atomic mass is 9.78. The molecule has 0 aromatic heterocycles. The number of oxime groups is 1. The van der Waals surface area contributed by atoms with Crippen LogP contribution in [0.2, 0.25) is 0 Å². The van der Waals surface area contributed by atoms with Gasteiger partial charge < -0.3 is 5.21 Å². The first kappa shape index (κ1) is 9.56. The standard InChI is InChI=1S/C10H19NO/c1-3-8(2)9-6-4-5-7-10(9)11-12/h8-9,12H,3-7H2,1-2H3. The van der Waals surface area contributed by atoms with E-state index >= 15 is 0 Å². The van der Waals surface area contributed by atoms with Crippen LogP contribution in [-0.2, 0) is 0 Å². The van der Waals surface area contributed by atoms with Crippen molar-refractivity contribution in [3.8, 4) is 0 Å². The first-order valence-electron chi connectivity index (χ1n) is 5.00. The molecular formula is C10H19NO. The van der Waals surface area contributed by atoms with Crippen molar-refractivity contribution >= 4 is 5.71 Å². The molecular weight excluding hydrogens is 150 g/mol. The number of hydrogen-bond acceptors (Lipinski definition) is 2. The van der Waals surface area contributed by atoms with Gasteiger partial charge in [0.05, 0.1) is 5.71 Å². The van der Waals surface area contributed by atoms with Gasteiger partial charge in [-0.05, 0) is 25.2 Å². The molecule has 2 heteroatoms. The minimum atomic E-state index is 0.550. The summed E-state index contributed by atoms with van der Waals surface area (Å²) in [6, 6.07) is 0. The van der Waals surface area contributed by atoms with E-state index < -0.39 is 0 Å². The summed E-state index contributed by atoms with van der Waals surface area (Å²) in [6.07, 6.45) is 5.91. The number of hydrogen-bond donors (Lipinski definition) is 1. The van der Waals surface area contributed by atoms with Gasteiger partial charge in [0, 0.05) is 5.92 Å². The van der Waals surface area contributed by atoms with Crippen molar-refractivity contribution in [3.63, 3.8) is 0 Å². The molecule has 12 heavy (non-hydrogen) atoms. The minimum absolute atomic E-state index is 0.550. The highest BCUT2D eigenvalue weighted by Gasteiger charge is 2.24. The minimum Gasteiger partial charge on any atom is -0.411 e. The highest BCUT2D eigenvalue weighted by molar-refractivity contribution is 5.87. The second kappa shape index (κ2) is 4.48. The van der Waals surface area contributed by atoms with Gasteiger partial charge in [-0.15, -0.1) is 0 Å². The zero-order valence-corrected chi connectivity index (χ0v) is 8.08. The van der Waals surface area contributed by atoms with Gasteiger partial charge in [0.1, 0.15) is 0 Å². The molecule has 1 saturated carbocycles. The second-order valence-corrected chi connectivity index (χ2v) is 3.83. The van der Waals surface area contributed by atoms with Gasteiger partial charge in [0.25, 0.3) is 0 Å². The Hall–Kier alpha value is -0.530. The SMILES string of the molecule is CCC(C)C1CCCCC1=NO. The quantitative estimate of drug-likeness (QED) is 0.500. The largest absolute Gasteiger partial charge is 0.411 e. The highest BCUT2D eigenvalue weighted by Crippen LogP contribution is 2.29. The van der Waals surface area contributed by atoms with E-state index in [1.165, 1.54) is 25.7 Å². The molecule has 0 radical (unpaired) electrons. The van der Waals surface area contributed by atoms with Crippen molar-refractivity contribution in [2.24, 2.45) is 17.0 Å². The molecule has 0 heterocycles. The maximum absolute atomic E-state index is 8.79. The summed E-state index contributed by atoms with van der Waals surface area (Å²) < 4.78 is 0. The maximum atomic E-state index is 8.79. The Bertz CT molecular complexity index is 165. The van der Waals surface area contributed by atoms with Crippen LogP contribution in [0, 0.1) is 11.8 Å². The Kier molecular flexibility index (Phi) is 3.57. The Morgan fingerprint density at radius 1 is 1.58 bits per heavy atom. The summed E-state index contributed by atoms with van der Waals surface area (Å²) >= 11 is 0. The Balaban J connectivity index is 2.59. The lowest BCUT2D eigenvalue weighted by Gasteiger charge is -2.27. The molecule has 0 bridgehead atoms. The lowest BCUT2D eigenvalue weighted by molar-refractivity contribution is 0.296. The summed E-state index contributed by atoms with van der Waals surface area (Å²) in [5.74, 6) is 1.23. The Morgan fingerprint density at radius 3 is 2.92 bits per heavy atom. The number of rotatable bonds is 2. The van der Waals surface area contributed by atoms with Gasteiger partial charge in [0.2, 0.25) is 0 Å². The summed E-state index contributed by atoms with van der Waals surface area (Å²) in [7, 11) is 0. The molecule has 70 valence electrons. The zero-order chi connectivity index (χ0) is 8.97. The van der Waals surface area contributed by atoms with E-state index in [4.69, 9.17) is 5.21 Å². The number of nitrogens with zero attached hydrogens (tertiary/aromatic N) is 1. The molecule has 2 nitrogen and oxygen atoms in total. The molecule has 0 aromatic carbocycles. The molecule has 0 saturated heterocycles. The van der Waals surface area contributed by atoms with Gasteiger partial charge in [-0.25, -0.2) is 0 Å². The predicted molar refractivity (Wildman–Crippen MR) is 50.6 cm³/mol. The average molecular weight is 169 g/mol. The molecule has 0 aliphatic heterocycles. The third-order valence-corrected chi connectivity index (χ3v) is 3.09. The zero-order valence-electron chi connectivity index (χ0n) is 8.08. The molecule has 1 aliphatic carbocycles. The summed E-state index contributed by atoms with van der Waals surface area (Å²) in [4.78, 5) is 0. The third kappa shape index (κ3) is 1.99. The summed E-state index contributed by atoms with van der Waals surface area (Å²) in [6.45, 7) is 4.45. The first-order chi connectivity index (χ1) is 5.79. The van der Waals surface area contributed by atoms with Crippen molar-refractivity contribution in [2.75, 3.05) is 0 Å². The van der Waals surface area contributed by atoms with E-state index in [0.29, 0.717) is 11.8 Å². The van der Waals surface area contributed by atoms with Crippen LogP contribution >= 0.6 is 0 Å². The van der Waals surface area contributed by atoms with Crippen LogP contribution in [0.1, 0.15) is 46.0 Å². The van der Waals surface area contributed by atoms with Crippen molar-refractivity contribution in [1.29, 1.82) is 0 Å². The van der Waals surface area contributed by atoms with E-state index in [9.17, 15) is 0 Å². The molecule has 0 amide bonds. The topological polar surface area (TPSA) is 32.6 Å². The highest BCUT2D eigenvalue weighted by atomic mass is 16.4. The molecule has 2 unspecified atom stereocenters. The van der Waals surface area contributed by atoms with Crippen molar-refractivity contribution in [2.45, 2.75) is 46.0 Å². The Morgan fingerprint density at radius 2 is 2.33 bits per heavy atom. The van der Waals surface area contributed by atoms with Gasteiger partial charge in [-0.1, -0.05) is 31.8 Å². The van der Waals surface area contributed by atoms with Gasteiger partial charge >= 0.3 is 0 Å². The van der Waals surface area contributed by atoms with Crippen molar-refractivity contribution in [3.05, 3.63) is 0 Å². The van der Waals surface area contributed by atoms with Crippen LogP contribution in [0.25, 0.3) is 0 Å². The summed E-state index contributed by atoms with van der Waals surface area (Å²) in [5.41, 5.74) is 1.04. The fourth-order valence-electron chi connectivity index (χ4n) is 2.04. The van der Waals surface area contributed by atoms with Crippen LogP contribution in [0.4, 0.5) is 0 Å². The normalized spacial score (nSPS) is 30.5. The smallest absolute Gasteiger partial charge is 0.0604 e. The van der Waals surface area contributed by atoms with Crippen LogP contribution < -0.4 is 0 Å². The fourth-order valence-corrected chi connectivity index (χ4v) is 2.04. The van der Waals surface area contributed by atoms with Crippen LogP contribution in [-0.4, -0.2) is 10.9 Å². The molecule has 1 rings (SSSR count). The molecule has 1 fully saturated rings. The molecule has 2 atom stereocenters. The van der Waals surface area contributed by atoms with Gasteiger partial charge in [-0.2, -0.15) is 0 Å². The van der Waals surface area contributed by atoms with Crippen molar-refractivity contribution in [1.82, 2.24) is 0 Å². The van der Waals surface area contributed by atoms with E-state index in [-0.39, 0.29) is 0 Å². The maximum Gasteiger partial charge on any atom is 0.0604 e. The van der Waals surface area contributed by atoms with Crippen LogP contribution in [0.5, 0.6) is 0 Å². The average Bonchev–Trinajstić information content (AvgIpc) is 2.16. The van der Waals surface area contributed by atoms with Gasteiger partial charge in [0.15, 0.2) is 0 Å². The molecule has 0 spiro atoms.